The largest absolute Gasteiger partial charge is 0.478 e. The Balaban J connectivity index is 2.55. The molecule has 0 aliphatic rings. The Morgan fingerprint density at radius 1 is 1.20 bits per heavy atom. The van der Waals surface area contributed by atoms with Crippen molar-refractivity contribution in [1.29, 1.82) is 0 Å². The van der Waals surface area contributed by atoms with Crippen LogP contribution in [0.3, 0.4) is 0 Å². The number of carbonyl (C=O) groups excluding carboxylic acids is 2. The van der Waals surface area contributed by atoms with Gasteiger partial charge in [-0.05, 0) is 18.2 Å². The minimum absolute atomic E-state index is 0.0784. The Morgan fingerprint density at radius 3 is 2.45 bits per heavy atom. The van der Waals surface area contributed by atoms with Crippen LogP contribution in [0.5, 0.6) is 0 Å². The van der Waals surface area contributed by atoms with Crippen LogP contribution in [0.1, 0.15) is 10.4 Å². The van der Waals surface area contributed by atoms with Gasteiger partial charge in [-0.25, -0.2) is 18.8 Å². The maximum absolute atomic E-state index is 13.4. The molecule has 0 spiro atoms. The third-order valence-electron chi connectivity index (χ3n) is 2.17. The molecule has 0 aliphatic carbocycles. The number of halogens is 1. The van der Waals surface area contributed by atoms with E-state index in [9.17, 15) is 18.8 Å². The Hall–Kier alpha value is -2.84. The second-order valence-corrected chi connectivity index (χ2v) is 3.67. The first-order valence-corrected chi connectivity index (χ1v) is 5.51. The number of carboxylic acids is 1. The van der Waals surface area contributed by atoms with E-state index < -0.39 is 23.8 Å². The van der Waals surface area contributed by atoms with Gasteiger partial charge in [-0.2, -0.15) is 0 Å². The number of hydrogen-bond donors (Lipinski definition) is 5. The molecule has 0 aromatic heterocycles. The molecule has 9 heteroatoms. The quantitative estimate of drug-likeness (QED) is 0.497. The van der Waals surface area contributed by atoms with Crippen LogP contribution in [0.15, 0.2) is 18.2 Å². The monoisotopic (exact) mass is 284 g/mol. The van der Waals surface area contributed by atoms with Gasteiger partial charge in [0.1, 0.15) is 5.82 Å². The minimum atomic E-state index is -1.24. The molecule has 20 heavy (non-hydrogen) atoms. The number of amides is 4. The summed E-state index contributed by atoms with van der Waals surface area (Å²) in [6, 6.07) is 1.55. The van der Waals surface area contributed by atoms with Crippen LogP contribution in [-0.4, -0.2) is 36.2 Å². The standard InChI is InChI=1S/C11H13FN4O4/c12-7-2-1-6(9(17)18)5-8(7)16-11(20)15-4-3-14-10(13)19/h1-2,5H,3-4H2,(H,17,18)(H3,13,14,19)(H2,15,16,20). The SMILES string of the molecule is NC(=O)NCCNC(=O)Nc1cc(C(=O)O)ccc1F. The van der Waals surface area contributed by atoms with Gasteiger partial charge in [-0.1, -0.05) is 0 Å². The molecule has 1 rings (SSSR count). The molecular weight excluding hydrogens is 271 g/mol. The summed E-state index contributed by atoms with van der Waals surface area (Å²) in [5.41, 5.74) is 4.40. The van der Waals surface area contributed by atoms with E-state index >= 15 is 0 Å². The van der Waals surface area contributed by atoms with Crippen LogP contribution >= 0.6 is 0 Å². The Labute approximate surface area is 113 Å². The van der Waals surface area contributed by atoms with Gasteiger partial charge >= 0.3 is 18.0 Å². The number of primary amides is 1. The van der Waals surface area contributed by atoms with E-state index in [-0.39, 0.29) is 24.3 Å². The molecule has 1 aromatic rings. The highest BCUT2D eigenvalue weighted by molar-refractivity contribution is 5.93. The predicted molar refractivity (Wildman–Crippen MR) is 68.0 cm³/mol. The van der Waals surface area contributed by atoms with E-state index in [0.29, 0.717) is 0 Å². The van der Waals surface area contributed by atoms with E-state index in [1.165, 1.54) is 0 Å². The van der Waals surface area contributed by atoms with Crippen molar-refractivity contribution in [3.05, 3.63) is 29.6 Å². The Bertz CT molecular complexity index is 535. The van der Waals surface area contributed by atoms with Crippen molar-refractivity contribution >= 4 is 23.7 Å². The number of urea groups is 2. The molecule has 0 radical (unpaired) electrons. The zero-order valence-corrected chi connectivity index (χ0v) is 10.3. The van der Waals surface area contributed by atoms with Gasteiger partial charge in [0, 0.05) is 13.1 Å². The van der Waals surface area contributed by atoms with Crippen molar-refractivity contribution in [2.45, 2.75) is 0 Å². The first-order valence-electron chi connectivity index (χ1n) is 5.51. The Kier molecular flexibility index (Phi) is 5.27. The molecule has 8 nitrogen and oxygen atoms in total. The zero-order chi connectivity index (χ0) is 15.1. The third kappa shape index (κ3) is 4.80. The molecule has 0 saturated carbocycles. The summed E-state index contributed by atoms with van der Waals surface area (Å²) >= 11 is 0. The van der Waals surface area contributed by atoms with Crippen molar-refractivity contribution in [3.63, 3.8) is 0 Å². The van der Waals surface area contributed by atoms with Crippen molar-refractivity contribution in [2.24, 2.45) is 5.73 Å². The van der Waals surface area contributed by atoms with Crippen LogP contribution in [0.4, 0.5) is 19.7 Å². The maximum Gasteiger partial charge on any atom is 0.335 e. The van der Waals surface area contributed by atoms with E-state index in [2.05, 4.69) is 16.0 Å². The highest BCUT2D eigenvalue weighted by Crippen LogP contribution is 2.16. The zero-order valence-electron chi connectivity index (χ0n) is 10.3. The maximum atomic E-state index is 13.4. The average Bonchev–Trinajstić information content (AvgIpc) is 2.37. The molecule has 0 fully saturated rings. The summed E-state index contributed by atoms with van der Waals surface area (Å²) in [5.74, 6) is -2.00. The molecule has 108 valence electrons. The summed E-state index contributed by atoms with van der Waals surface area (Å²) in [6.07, 6.45) is 0. The molecule has 0 atom stereocenters. The normalized spacial score (nSPS) is 9.65. The molecule has 0 aliphatic heterocycles. The lowest BCUT2D eigenvalue weighted by atomic mass is 10.2. The lowest BCUT2D eigenvalue weighted by Crippen LogP contribution is -2.38. The van der Waals surface area contributed by atoms with Gasteiger partial charge in [0.2, 0.25) is 0 Å². The van der Waals surface area contributed by atoms with E-state index in [0.717, 1.165) is 18.2 Å². The van der Waals surface area contributed by atoms with Gasteiger partial charge in [0.25, 0.3) is 0 Å². The highest BCUT2D eigenvalue weighted by atomic mass is 19.1. The summed E-state index contributed by atoms with van der Waals surface area (Å²) < 4.78 is 13.4. The number of nitrogens with two attached hydrogens (primary N) is 1. The topological polar surface area (TPSA) is 134 Å². The van der Waals surface area contributed by atoms with Crippen LogP contribution in [0.2, 0.25) is 0 Å². The van der Waals surface area contributed by atoms with Crippen molar-refractivity contribution in [2.75, 3.05) is 18.4 Å². The van der Waals surface area contributed by atoms with Gasteiger partial charge in [-0.3, -0.25) is 0 Å². The van der Waals surface area contributed by atoms with Crippen LogP contribution < -0.4 is 21.7 Å². The fourth-order valence-corrected chi connectivity index (χ4v) is 1.28. The first-order chi connectivity index (χ1) is 9.40. The summed E-state index contributed by atoms with van der Waals surface area (Å²) in [6.45, 7) is 0.190. The number of carboxylic acid groups (broad SMARTS) is 1. The molecule has 4 amide bonds. The molecule has 6 N–H and O–H groups in total. The molecule has 0 heterocycles. The Morgan fingerprint density at radius 2 is 1.85 bits per heavy atom. The van der Waals surface area contributed by atoms with E-state index in [1.54, 1.807) is 0 Å². The van der Waals surface area contributed by atoms with Gasteiger partial charge in [-0.15, -0.1) is 0 Å². The fraction of sp³-hybridized carbons (Fsp3) is 0.182. The molecule has 0 saturated heterocycles. The fourth-order valence-electron chi connectivity index (χ4n) is 1.28. The number of aromatic carboxylic acids is 1. The number of carbonyl (C=O) groups is 3. The number of nitrogens with one attached hydrogen (secondary N) is 3. The molecule has 0 bridgehead atoms. The smallest absolute Gasteiger partial charge is 0.335 e. The lowest BCUT2D eigenvalue weighted by Gasteiger charge is -2.09. The van der Waals surface area contributed by atoms with Crippen molar-refractivity contribution in [3.8, 4) is 0 Å². The number of anilines is 1. The lowest BCUT2D eigenvalue weighted by molar-refractivity contribution is 0.0697. The van der Waals surface area contributed by atoms with E-state index in [4.69, 9.17) is 10.8 Å². The molecule has 0 unspecified atom stereocenters. The van der Waals surface area contributed by atoms with Crippen LogP contribution in [0.25, 0.3) is 0 Å². The predicted octanol–water partition coefficient (Wildman–Crippen LogP) is 0.314. The first kappa shape index (κ1) is 15.2. The minimum Gasteiger partial charge on any atom is -0.478 e. The summed E-state index contributed by atoms with van der Waals surface area (Å²) in [4.78, 5) is 32.5. The van der Waals surface area contributed by atoms with Crippen LogP contribution in [-0.2, 0) is 0 Å². The third-order valence-corrected chi connectivity index (χ3v) is 2.17. The molecule has 1 aromatic carbocycles. The van der Waals surface area contributed by atoms with Gasteiger partial charge in [0.05, 0.1) is 11.3 Å². The van der Waals surface area contributed by atoms with Crippen LogP contribution in [0, 0.1) is 5.82 Å². The van der Waals surface area contributed by atoms with E-state index in [1.807, 2.05) is 0 Å². The van der Waals surface area contributed by atoms with Gasteiger partial charge < -0.3 is 26.8 Å². The highest BCUT2D eigenvalue weighted by Gasteiger charge is 2.10. The number of hydrogen-bond acceptors (Lipinski definition) is 3. The second-order valence-electron chi connectivity index (χ2n) is 3.67. The summed E-state index contributed by atoms with van der Waals surface area (Å²) in [5, 5.41) is 15.5. The number of rotatable bonds is 5. The van der Waals surface area contributed by atoms with Gasteiger partial charge in [0.15, 0.2) is 0 Å². The second kappa shape index (κ2) is 6.92. The van der Waals surface area contributed by atoms with Crippen molar-refractivity contribution in [1.82, 2.24) is 10.6 Å². The average molecular weight is 284 g/mol. The number of benzene rings is 1. The summed E-state index contributed by atoms with van der Waals surface area (Å²) in [7, 11) is 0. The molecular formula is C11H13FN4O4. The van der Waals surface area contributed by atoms with Crippen molar-refractivity contribution < 1.29 is 23.9 Å².